The first-order valence-electron chi connectivity index (χ1n) is 9.16. The van der Waals surface area contributed by atoms with Crippen LogP contribution in [0.3, 0.4) is 0 Å². The maximum absolute atomic E-state index is 12.5. The summed E-state index contributed by atoms with van der Waals surface area (Å²) in [6.45, 7) is 4.22. The molecule has 1 heterocycles. The number of carbonyl (C=O) groups is 2. The van der Waals surface area contributed by atoms with Crippen LogP contribution in [0, 0.1) is 0 Å². The molecule has 7 nitrogen and oxygen atoms in total. The molecule has 0 unspecified atom stereocenters. The average Bonchev–Trinajstić information content (AvgIpc) is 2.74. The lowest BCUT2D eigenvalue weighted by Gasteiger charge is -2.13. The number of nitrogens with zero attached hydrogens (tertiary/aromatic N) is 2. The Morgan fingerprint density at radius 3 is 2.41 bits per heavy atom. The number of hydrogen-bond acceptors (Lipinski definition) is 6. The van der Waals surface area contributed by atoms with Crippen molar-refractivity contribution in [1.82, 2.24) is 9.97 Å². The number of benzene rings is 2. The van der Waals surface area contributed by atoms with Crippen LogP contribution in [0.1, 0.15) is 46.2 Å². The fourth-order valence-electron chi connectivity index (χ4n) is 2.78. The normalized spacial score (nSPS) is 10.5. The van der Waals surface area contributed by atoms with E-state index in [1.54, 1.807) is 24.3 Å². The van der Waals surface area contributed by atoms with Gasteiger partial charge in [0.05, 0.1) is 12.7 Å². The van der Waals surface area contributed by atoms with Gasteiger partial charge in [-0.1, -0.05) is 32.0 Å². The highest BCUT2D eigenvalue weighted by atomic mass is 16.5. The highest BCUT2D eigenvalue weighted by Gasteiger charge is 2.12. The van der Waals surface area contributed by atoms with Crippen molar-refractivity contribution in [2.24, 2.45) is 0 Å². The van der Waals surface area contributed by atoms with Crippen LogP contribution in [0.2, 0.25) is 0 Å². The van der Waals surface area contributed by atoms with E-state index in [0.29, 0.717) is 23.1 Å². The van der Waals surface area contributed by atoms with E-state index in [1.165, 1.54) is 19.4 Å². The van der Waals surface area contributed by atoms with E-state index in [-0.39, 0.29) is 11.6 Å². The zero-order valence-electron chi connectivity index (χ0n) is 16.5. The second-order valence-corrected chi connectivity index (χ2v) is 6.66. The van der Waals surface area contributed by atoms with Gasteiger partial charge < -0.3 is 15.4 Å². The van der Waals surface area contributed by atoms with Gasteiger partial charge in [-0.15, -0.1) is 0 Å². The van der Waals surface area contributed by atoms with Crippen LogP contribution < -0.4 is 10.6 Å². The van der Waals surface area contributed by atoms with Crippen LogP contribution in [0.5, 0.6) is 0 Å². The first kappa shape index (κ1) is 20.0. The van der Waals surface area contributed by atoms with Gasteiger partial charge in [-0.25, -0.2) is 14.8 Å². The quantitative estimate of drug-likeness (QED) is 0.607. The summed E-state index contributed by atoms with van der Waals surface area (Å²) < 4.78 is 4.66. The second kappa shape index (κ2) is 8.97. The first-order chi connectivity index (χ1) is 14.0. The van der Waals surface area contributed by atoms with Gasteiger partial charge in [0, 0.05) is 17.6 Å². The van der Waals surface area contributed by atoms with Gasteiger partial charge in [-0.3, -0.25) is 4.79 Å². The smallest absolute Gasteiger partial charge is 0.337 e. The summed E-state index contributed by atoms with van der Waals surface area (Å²) >= 11 is 0. The molecule has 0 aliphatic rings. The number of rotatable bonds is 6. The van der Waals surface area contributed by atoms with E-state index in [4.69, 9.17) is 0 Å². The molecule has 7 heteroatoms. The Balaban J connectivity index is 1.74. The van der Waals surface area contributed by atoms with Gasteiger partial charge in [0.1, 0.15) is 5.69 Å². The lowest BCUT2D eigenvalue weighted by Crippen LogP contribution is -2.15. The summed E-state index contributed by atoms with van der Waals surface area (Å²) in [4.78, 5) is 32.6. The van der Waals surface area contributed by atoms with Crippen LogP contribution in [0.4, 0.5) is 17.3 Å². The third-order valence-corrected chi connectivity index (χ3v) is 4.28. The average molecular weight is 390 g/mol. The number of amides is 1. The van der Waals surface area contributed by atoms with Crippen molar-refractivity contribution in [3.8, 4) is 0 Å². The van der Waals surface area contributed by atoms with E-state index >= 15 is 0 Å². The summed E-state index contributed by atoms with van der Waals surface area (Å²) in [6, 6.07) is 15.9. The van der Waals surface area contributed by atoms with Crippen molar-refractivity contribution in [2.75, 3.05) is 17.7 Å². The molecule has 1 amide bonds. The van der Waals surface area contributed by atoms with E-state index in [9.17, 15) is 9.59 Å². The Bertz CT molecular complexity index is 1020. The Hall–Kier alpha value is -3.74. The molecule has 0 aliphatic carbocycles. The van der Waals surface area contributed by atoms with Gasteiger partial charge in [0.15, 0.2) is 0 Å². The summed E-state index contributed by atoms with van der Waals surface area (Å²) in [7, 11) is 1.32. The molecule has 0 bridgehead atoms. The zero-order chi connectivity index (χ0) is 20.8. The maximum Gasteiger partial charge on any atom is 0.337 e. The van der Waals surface area contributed by atoms with Gasteiger partial charge in [-0.2, -0.15) is 0 Å². The Labute approximate surface area is 169 Å². The lowest BCUT2D eigenvalue weighted by atomic mass is 10.0. The molecule has 0 spiro atoms. The third-order valence-electron chi connectivity index (χ3n) is 4.28. The van der Waals surface area contributed by atoms with E-state index in [2.05, 4.69) is 39.2 Å². The van der Waals surface area contributed by atoms with Gasteiger partial charge >= 0.3 is 5.97 Å². The van der Waals surface area contributed by atoms with Gasteiger partial charge in [0.2, 0.25) is 5.95 Å². The number of aromatic nitrogens is 2. The van der Waals surface area contributed by atoms with Crippen molar-refractivity contribution >= 4 is 29.2 Å². The topological polar surface area (TPSA) is 93.2 Å². The number of methoxy groups -OCH3 is 1. The standard InChI is InChI=1S/C22H22N4O3/c1-14(2)17-6-4-5-7-18(17)25-22-23-13-12-19(26-22)20(27)24-16-10-8-15(9-11-16)21(28)29-3/h4-14H,1-3H3,(H,24,27)(H,23,25,26). The van der Waals surface area contributed by atoms with Crippen LogP contribution in [-0.4, -0.2) is 29.0 Å². The van der Waals surface area contributed by atoms with Gasteiger partial charge in [-0.05, 0) is 47.9 Å². The molecule has 148 valence electrons. The molecule has 0 radical (unpaired) electrons. The summed E-state index contributed by atoms with van der Waals surface area (Å²) in [6.07, 6.45) is 1.53. The number of hydrogen-bond donors (Lipinski definition) is 2. The number of anilines is 3. The molecule has 0 saturated carbocycles. The van der Waals surface area contributed by atoms with Crippen molar-refractivity contribution in [2.45, 2.75) is 19.8 Å². The van der Waals surface area contributed by atoms with Crippen molar-refractivity contribution in [1.29, 1.82) is 0 Å². The molecule has 3 rings (SSSR count). The fourth-order valence-corrected chi connectivity index (χ4v) is 2.78. The minimum absolute atomic E-state index is 0.224. The lowest BCUT2D eigenvalue weighted by molar-refractivity contribution is 0.0600. The third kappa shape index (κ3) is 4.95. The van der Waals surface area contributed by atoms with Gasteiger partial charge in [0.25, 0.3) is 5.91 Å². The number of ether oxygens (including phenoxy) is 1. The molecule has 1 aromatic heterocycles. The fraction of sp³-hybridized carbons (Fsp3) is 0.182. The zero-order valence-corrected chi connectivity index (χ0v) is 16.5. The van der Waals surface area contributed by atoms with Crippen LogP contribution in [0.15, 0.2) is 60.8 Å². The minimum atomic E-state index is -0.434. The number of nitrogens with one attached hydrogen (secondary N) is 2. The summed E-state index contributed by atoms with van der Waals surface area (Å²) in [5.41, 5.74) is 3.21. The van der Waals surface area contributed by atoms with Crippen molar-refractivity contribution < 1.29 is 14.3 Å². The number of para-hydroxylation sites is 1. The predicted octanol–water partition coefficient (Wildman–Crippen LogP) is 4.38. The molecule has 0 atom stereocenters. The maximum atomic E-state index is 12.5. The van der Waals surface area contributed by atoms with E-state index in [1.807, 2.05) is 24.3 Å². The Morgan fingerprint density at radius 1 is 1.00 bits per heavy atom. The highest BCUT2D eigenvalue weighted by molar-refractivity contribution is 6.03. The molecule has 3 aromatic rings. The highest BCUT2D eigenvalue weighted by Crippen LogP contribution is 2.25. The van der Waals surface area contributed by atoms with Crippen LogP contribution in [0.25, 0.3) is 0 Å². The SMILES string of the molecule is COC(=O)c1ccc(NC(=O)c2ccnc(Nc3ccccc3C(C)C)n2)cc1. The molecular weight excluding hydrogens is 368 g/mol. The van der Waals surface area contributed by atoms with Crippen LogP contribution in [-0.2, 0) is 4.74 Å². The van der Waals surface area contributed by atoms with E-state index in [0.717, 1.165) is 11.3 Å². The Kier molecular flexibility index (Phi) is 6.19. The number of carbonyl (C=O) groups excluding carboxylic acids is 2. The molecule has 0 saturated heterocycles. The van der Waals surface area contributed by atoms with E-state index < -0.39 is 5.97 Å². The molecular formula is C22H22N4O3. The molecule has 29 heavy (non-hydrogen) atoms. The van der Waals surface area contributed by atoms with Crippen molar-refractivity contribution in [3.05, 3.63) is 77.6 Å². The van der Waals surface area contributed by atoms with Crippen molar-refractivity contribution in [3.63, 3.8) is 0 Å². The first-order valence-corrected chi connectivity index (χ1v) is 9.16. The Morgan fingerprint density at radius 2 is 1.72 bits per heavy atom. The van der Waals surface area contributed by atoms with Crippen LogP contribution >= 0.6 is 0 Å². The largest absolute Gasteiger partial charge is 0.465 e. The molecule has 2 aromatic carbocycles. The monoisotopic (exact) mass is 390 g/mol. The second-order valence-electron chi connectivity index (χ2n) is 6.66. The number of esters is 1. The predicted molar refractivity (Wildman–Crippen MR) is 112 cm³/mol. The molecule has 0 aliphatic heterocycles. The molecule has 0 fully saturated rings. The molecule has 2 N–H and O–H groups in total. The summed E-state index contributed by atoms with van der Waals surface area (Å²) in [5, 5.41) is 5.94. The minimum Gasteiger partial charge on any atom is -0.465 e. The summed E-state index contributed by atoms with van der Waals surface area (Å²) in [5.74, 6) is -0.139.